The van der Waals surface area contributed by atoms with Gasteiger partial charge < -0.3 is 5.32 Å². The van der Waals surface area contributed by atoms with Crippen LogP contribution in [0.4, 0.5) is 5.69 Å². The van der Waals surface area contributed by atoms with Crippen LogP contribution in [0.25, 0.3) is 0 Å². The molecule has 3 aromatic rings. The van der Waals surface area contributed by atoms with Gasteiger partial charge in [-0.05, 0) is 36.8 Å². The first-order valence-electron chi connectivity index (χ1n) is 7.05. The molecule has 3 rings (SSSR count). The minimum atomic E-state index is -0.0944. The Bertz CT molecular complexity index is 760. The van der Waals surface area contributed by atoms with E-state index >= 15 is 0 Å². The summed E-state index contributed by atoms with van der Waals surface area (Å²) in [7, 11) is 0. The predicted octanol–water partition coefficient (Wildman–Crippen LogP) is 2.08. The zero-order valence-corrected chi connectivity index (χ0v) is 12.3. The van der Waals surface area contributed by atoms with Gasteiger partial charge in [0.25, 0.3) is 0 Å². The van der Waals surface area contributed by atoms with Gasteiger partial charge in [0, 0.05) is 30.0 Å². The average Bonchev–Trinajstić information content (AvgIpc) is 3.12. The van der Waals surface area contributed by atoms with Gasteiger partial charge in [-0.15, -0.1) is 0 Å². The van der Waals surface area contributed by atoms with Crippen molar-refractivity contribution in [3.63, 3.8) is 0 Å². The van der Waals surface area contributed by atoms with Gasteiger partial charge in [0.1, 0.15) is 6.54 Å². The fraction of sp³-hybridized carbons (Fsp3) is 0.188. The second-order valence-corrected chi connectivity index (χ2v) is 5.08. The summed E-state index contributed by atoms with van der Waals surface area (Å²) in [5.74, 6) is -0.0944. The van der Waals surface area contributed by atoms with Crippen molar-refractivity contribution in [2.45, 2.75) is 20.0 Å². The highest BCUT2D eigenvalue weighted by molar-refractivity contribution is 5.90. The zero-order valence-electron chi connectivity index (χ0n) is 12.3. The molecule has 6 heteroatoms. The molecule has 2 aromatic heterocycles. The molecule has 0 aliphatic rings. The van der Waals surface area contributed by atoms with E-state index < -0.39 is 0 Å². The van der Waals surface area contributed by atoms with E-state index in [9.17, 15) is 4.79 Å². The number of carbonyl (C=O) groups is 1. The number of amides is 1. The number of nitrogens with one attached hydrogen (secondary N) is 1. The second-order valence-electron chi connectivity index (χ2n) is 5.08. The topological polar surface area (TPSA) is 64.7 Å². The Morgan fingerprint density at radius 1 is 1.18 bits per heavy atom. The molecule has 6 nitrogen and oxygen atoms in total. The van der Waals surface area contributed by atoms with Crippen molar-refractivity contribution in [1.82, 2.24) is 19.6 Å². The summed E-state index contributed by atoms with van der Waals surface area (Å²) in [6, 6.07) is 11.5. The van der Waals surface area contributed by atoms with E-state index in [1.165, 1.54) is 0 Å². The molecule has 0 saturated carbocycles. The van der Waals surface area contributed by atoms with E-state index in [0.717, 1.165) is 16.9 Å². The van der Waals surface area contributed by atoms with Gasteiger partial charge in [-0.1, -0.05) is 12.1 Å². The third kappa shape index (κ3) is 3.41. The normalized spacial score (nSPS) is 10.6. The van der Waals surface area contributed by atoms with E-state index in [1.54, 1.807) is 17.1 Å². The molecule has 0 radical (unpaired) electrons. The highest BCUT2D eigenvalue weighted by Gasteiger charge is 2.06. The van der Waals surface area contributed by atoms with Crippen LogP contribution in [0.2, 0.25) is 0 Å². The van der Waals surface area contributed by atoms with Crippen LogP contribution in [0.3, 0.4) is 0 Å². The monoisotopic (exact) mass is 295 g/mol. The van der Waals surface area contributed by atoms with E-state index in [-0.39, 0.29) is 12.5 Å². The summed E-state index contributed by atoms with van der Waals surface area (Å²) in [5.41, 5.74) is 2.82. The molecule has 0 bridgehead atoms. The summed E-state index contributed by atoms with van der Waals surface area (Å²) < 4.78 is 3.51. The molecule has 1 amide bonds. The summed E-state index contributed by atoms with van der Waals surface area (Å²) in [6.07, 6.45) is 5.34. The number of nitrogens with zero attached hydrogens (tertiary/aromatic N) is 4. The largest absolute Gasteiger partial charge is 0.324 e. The lowest BCUT2D eigenvalue weighted by Gasteiger charge is -2.09. The molecule has 0 spiro atoms. The Hall–Kier alpha value is -2.89. The van der Waals surface area contributed by atoms with Gasteiger partial charge in [-0.3, -0.25) is 14.2 Å². The molecule has 22 heavy (non-hydrogen) atoms. The lowest BCUT2D eigenvalue weighted by Crippen LogP contribution is -2.20. The van der Waals surface area contributed by atoms with Crippen molar-refractivity contribution >= 4 is 11.6 Å². The van der Waals surface area contributed by atoms with Crippen LogP contribution in [-0.4, -0.2) is 25.5 Å². The smallest absolute Gasteiger partial charge is 0.246 e. The number of rotatable bonds is 5. The van der Waals surface area contributed by atoms with E-state index in [2.05, 4.69) is 15.5 Å². The Morgan fingerprint density at radius 3 is 2.82 bits per heavy atom. The summed E-state index contributed by atoms with van der Waals surface area (Å²) >= 11 is 0. The van der Waals surface area contributed by atoms with Gasteiger partial charge in [0.05, 0.1) is 6.54 Å². The first kappa shape index (κ1) is 14.1. The van der Waals surface area contributed by atoms with E-state index in [1.807, 2.05) is 54.2 Å². The highest BCUT2D eigenvalue weighted by atomic mass is 16.2. The number of aromatic nitrogens is 4. The minimum absolute atomic E-state index is 0.0944. The Morgan fingerprint density at radius 2 is 2.09 bits per heavy atom. The van der Waals surface area contributed by atoms with Crippen LogP contribution < -0.4 is 5.32 Å². The van der Waals surface area contributed by atoms with Crippen LogP contribution in [0.5, 0.6) is 0 Å². The number of benzene rings is 1. The van der Waals surface area contributed by atoms with Gasteiger partial charge in [-0.25, -0.2) is 0 Å². The fourth-order valence-corrected chi connectivity index (χ4v) is 2.23. The number of anilines is 1. The maximum atomic E-state index is 12.1. The average molecular weight is 295 g/mol. The molecular formula is C16H17N5O. The Labute approximate surface area is 128 Å². The molecule has 0 atom stereocenters. The van der Waals surface area contributed by atoms with E-state index in [4.69, 9.17) is 0 Å². The van der Waals surface area contributed by atoms with Crippen LogP contribution in [0, 0.1) is 6.92 Å². The van der Waals surface area contributed by atoms with Crippen LogP contribution in [0.15, 0.2) is 55.0 Å². The van der Waals surface area contributed by atoms with Gasteiger partial charge in [0.2, 0.25) is 5.91 Å². The molecule has 0 aliphatic carbocycles. The van der Waals surface area contributed by atoms with E-state index in [0.29, 0.717) is 6.54 Å². The number of aryl methyl sites for hydroxylation is 1. The fourth-order valence-electron chi connectivity index (χ4n) is 2.23. The van der Waals surface area contributed by atoms with Crippen molar-refractivity contribution < 1.29 is 4.79 Å². The molecule has 0 fully saturated rings. The molecular weight excluding hydrogens is 278 g/mol. The highest BCUT2D eigenvalue weighted by Crippen LogP contribution is 2.12. The minimum Gasteiger partial charge on any atom is -0.324 e. The lowest BCUT2D eigenvalue weighted by atomic mass is 10.2. The maximum absolute atomic E-state index is 12.1. The predicted molar refractivity (Wildman–Crippen MR) is 83.4 cm³/mol. The Kier molecular flexibility index (Phi) is 4.00. The number of hydrogen-bond acceptors (Lipinski definition) is 3. The first-order chi connectivity index (χ1) is 10.7. The van der Waals surface area contributed by atoms with Gasteiger partial charge >= 0.3 is 0 Å². The molecule has 112 valence electrons. The Balaban J connectivity index is 1.65. The van der Waals surface area contributed by atoms with Crippen molar-refractivity contribution in [3.8, 4) is 0 Å². The van der Waals surface area contributed by atoms with Crippen LogP contribution in [-0.2, 0) is 17.9 Å². The van der Waals surface area contributed by atoms with Crippen LogP contribution >= 0.6 is 0 Å². The third-order valence-corrected chi connectivity index (χ3v) is 3.34. The maximum Gasteiger partial charge on any atom is 0.246 e. The lowest BCUT2D eigenvalue weighted by molar-refractivity contribution is -0.116. The van der Waals surface area contributed by atoms with Crippen molar-refractivity contribution in [2.24, 2.45) is 0 Å². The molecule has 1 aromatic carbocycles. The summed E-state index contributed by atoms with van der Waals surface area (Å²) in [4.78, 5) is 12.1. The van der Waals surface area contributed by atoms with Crippen molar-refractivity contribution in [2.75, 3.05) is 5.32 Å². The first-order valence-corrected chi connectivity index (χ1v) is 7.05. The van der Waals surface area contributed by atoms with Crippen molar-refractivity contribution in [1.29, 1.82) is 0 Å². The standard InChI is InChI=1S/C16H17N5O/c1-13-6-8-18-21(13)12-16(22)19-15-5-2-4-14(10-15)11-20-9-3-7-17-20/h2-10H,11-12H2,1H3,(H,19,22). The molecule has 1 N–H and O–H groups in total. The molecule has 0 unspecified atom stereocenters. The number of carbonyl (C=O) groups excluding carboxylic acids is 1. The van der Waals surface area contributed by atoms with Gasteiger partial charge in [0.15, 0.2) is 0 Å². The number of hydrogen-bond donors (Lipinski definition) is 1. The molecule has 2 heterocycles. The summed E-state index contributed by atoms with van der Waals surface area (Å²) in [5, 5.41) is 11.2. The SMILES string of the molecule is Cc1ccnn1CC(=O)Nc1cccc(Cn2cccn2)c1. The third-order valence-electron chi connectivity index (χ3n) is 3.34. The van der Waals surface area contributed by atoms with Gasteiger partial charge in [-0.2, -0.15) is 10.2 Å². The zero-order chi connectivity index (χ0) is 15.4. The summed E-state index contributed by atoms with van der Waals surface area (Å²) in [6.45, 7) is 2.81. The second kappa shape index (κ2) is 6.26. The molecule has 0 aliphatic heterocycles. The molecule has 0 saturated heterocycles. The van der Waals surface area contributed by atoms with Crippen molar-refractivity contribution in [3.05, 3.63) is 66.2 Å². The van der Waals surface area contributed by atoms with Crippen LogP contribution in [0.1, 0.15) is 11.3 Å². The quantitative estimate of drug-likeness (QED) is 0.783.